The van der Waals surface area contributed by atoms with E-state index < -0.39 is 0 Å². The third-order valence-electron chi connectivity index (χ3n) is 1.86. The van der Waals surface area contributed by atoms with Crippen molar-refractivity contribution in [3.8, 4) is 11.5 Å². The monoisotopic (exact) mass is 166 g/mol. The maximum absolute atomic E-state index is 8.75. The first-order chi connectivity index (χ1) is 5.92. The predicted octanol–water partition coefficient (Wildman–Crippen LogP) is 0.950. The van der Waals surface area contributed by atoms with E-state index in [9.17, 15) is 0 Å². The van der Waals surface area contributed by atoms with E-state index >= 15 is 0 Å². The zero-order valence-corrected chi connectivity index (χ0v) is 6.62. The molecule has 12 heavy (non-hydrogen) atoms. The van der Waals surface area contributed by atoms with Gasteiger partial charge in [0.2, 0.25) is 6.79 Å². The lowest BCUT2D eigenvalue weighted by atomic mass is 10.1. The van der Waals surface area contributed by atoms with Crippen molar-refractivity contribution >= 4 is 0 Å². The van der Waals surface area contributed by atoms with E-state index in [1.54, 1.807) is 0 Å². The largest absolute Gasteiger partial charge is 0.454 e. The molecule has 2 rings (SSSR count). The lowest BCUT2D eigenvalue weighted by Crippen LogP contribution is -1.95. The summed E-state index contributed by atoms with van der Waals surface area (Å²) in [7, 11) is 0. The normalized spacial score (nSPS) is 13.4. The summed E-state index contributed by atoms with van der Waals surface area (Å²) in [5.41, 5.74) is 1.01. The molecule has 1 aliphatic heterocycles. The smallest absolute Gasteiger partial charge is 0.231 e. The molecule has 0 aromatic heterocycles. The number of hydrogen-bond acceptors (Lipinski definition) is 3. The molecule has 1 N–H and O–H groups in total. The van der Waals surface area contributed by atoms with Crippen molar-refractivity contribution in [3.05, 3.63) is 23.8 Å². The molecule has 0 saturated carbocycles. The fourth-order valence-electron chi connectivity index (χ4n) is 1.31. The van der Waals surface area contributed by atoms with E-state index in [1.165, 1.54) is 0 Å². The van der Waals surface area contributed by atoms with Crippen molar-refractivity contribution in [2.45, 2.75) is 6.42 Å². The van der Waals surface area contributed by atoms with Gasteiger partial charge in [0.25, 0.3) is 0 Å². The van der Waals surface area contributed by atoms with Gasteiger partial charge in [-0.25, -0.2) is 0 Å². The fraction of sp³-hybridized carbons (Fsp3) is 0.333. The summed E-state index contributed by atoms with van der Waals surface area (Å²) in [6.45, 7) is 0.428. The van der Waals surface area contributed by atoms with E-state index in [-0.39, 0.29) is 13.4 Å². The van der Waals surface area contributed by atoms with Crippen molar-refractivity contribution in [1.82, 2.24) is 0 Å². The second kappa shape index (κ2) is 3.03. The van der Waals surface area contributed by atoms with Crippen LogP contribution in [0.25, 0.3) is 0 Å². The van der Waals surface area contributed by atoms with Gasteiger partial charge in [-0.1, -0.05) is 12.1 Å². The molecular weight excluding hydrogens is 156 g/mol. The van der Waals surface area contributed by atoms with Gasteiger partial charge in [-0.2, -0.15) is 0 Å². The van der Waals surface area contributed by atoms with E-state index in [0.717, 1.165) is 17.1 Å². The van der Waals surface area contributed by atoms with E-state index in [4.69, 9.17) is 14.6 Å². The van der Waals surface area contributed by atoms with E-state index in [1.807, 2.05) is 18.2 Å². The SMILES string of the molecule is OCCc1cccc2c1OCO2. The van der Waals surface area contributed by atoms with Crippen LogP contribution in [-0.4, -0.2) is 18.5 Å². The molecule has 0 fully saturated rings. The highest BCUT2D eigenvalue weighted by Crippen LogP contribution is 2.35. The molecule has 0 saturated heterocycles. The topological polar surface area (TPSA) is 38.7 Å². The van der Waals surface area contributed by atoms with Crippen LogP contribution in [0.5, 0.6) is 11.5 Å². The average molecular weight is 166 g/mol. The lowest BCUT2D eigenvalue weighted by Gasteiger charge is -2.02. The summed E-state index contributed by atoms with van der Waals surface area (Å²) in [6, 6.07) is 5.70. The third kappa shape index (κ3) is 1.12. The van der Waals surface area contributed by atoms with Gasteiger partial charge in [-0.3, -0.25) is 0 Å². The summed E-state index contributed by atoms with van der Waals surface area (Å²) < 4.78 is 10.4. The summed E-state index contributed by atoms with van der Waals surface area (Å²) in [5.74, 6) is 1.56. The second-order valence-corrected chi connectivity index (χ2v) is 2.62. The van der Waals surface area contributed by atoms with Crippen LogP contribution in [-0.2, 0) is 6.42 Å². The van der Waals surface area contributed by atoms with Gasteiger partial charge < -0.3 is 14.6 Å². The van der Waals surface area contributed by atoms with Crippen LogP contribution >= 0.6 is 0 Å². The third-order valence-corrected chi connectivity index (χ3v) is 1.86. The van der Waals surface area contributed by atoms with Gasteiger partial charge >= 0.3 is 0 Å². The van der Waals surface area contributed by atoms with Crippen molar-refractivity contribution in [2.75, 3.05) is 13.4 Å². The number of rotatable bonds is 2. The zero-order chi connectivity index (χ0) is 8.39. The molecule has 0 unspecified atom stereocenters. The van der Waals surface area contributed by atoms with Gasteiger partial charge in [0.15, 0.2) is 11.5 Å². The Morgan fingerprint density at radius 2 is 2.25 bits per heavy atom. The van der Waals surface area contributed by atoms with Crippen molar-refractivity contribution in [1.29, 1.82) is 0 Å². The van der Waals surface area contributed by atoms with Crippen LogP contribution in [0.2, 0.25) is 0 Å². The van der Waals surface area contributed by atoms with Crippen LogP contribution in [0.4, 0.5) is 0 Å². The molecule has 0 atom stereocenters. The van der Waals surface area contributed by atoms with Gasteiger partial charge in [-0.15, -0.1) is 0 Å². The Morgan fingerprint density at radius 1 is 1.33 bits per heavy atom. The summed E-state index contributed by atoms with van der Waals surface area (Å²) in [4.78, 5) is 0. The highest BCUT2D eigenvalue weighted by molar-refractivity contribution is 5.48. The first-order valence-corrected chi connectivity index (χ1v) is 3.90. The summed E-state index contributed by atoms with van der Waals surface area (Å²) in [5, 5.41) is 8.75. The Hall–Kier alpha value is -1.22. The molecule has 0 radical (unpaired) electrons. The second-order valence-electron chi connectivity index (χ2n) is 2.62. The van der Waals surface area contributed by atoms with Crippen molar-refractivity contribution in [2.24, 2.45) is 0 Å². The van der Waals surface area contributed by atoms with Crippen LogP contribution in [0.1, 0.15) is 5.56 Å². The number of fused-ring (bicyclic) bond motifs is 1. The van der Waals surface area contributed by atoms with E-state index in [2.05, 4.69) is 0 Å². The van der Waals surface area contributed by atoms with Crippen molar-refractivity contribution < 1.29 is 14.6 Å². The fourth-order valence-corrected chi connectivity index (χ4v) is 1.31. The minimum Gasteiger partial charge on any atom is -0.454 e. The molecule has 3 heteroatoms. The lowest BCUT2D eigenvalue weighted by molar-refractivity contribution is 0.173. The molecule has 1 heterocycles. The number of para-hydroxylation sites is 1. The zero-order valence-electron chi connectivity index (χ0n) is 6.62. The Balaban J connectivity index is 2.36. The van der Waals surface area contributed by atoms with Crippen LogP contribution in [0, 0.1) is 0 Å². The van der Waals surface area contributed by atoms with Crippen LogP contribution < -0.4 is 9.47 Å². The van der Waals surface area contributed by atoms with Crippen molar-refractivity contribution in [3.63, 3.8) is 0 Å². The number of aliphatic hydroxyl groups is 1. The predicted molar refractivity (Wildman–Crippen MR) is 43.4 cm³/mol. The van der Waals surface area contributed by atoms with Gasteiger partial charge in [-0.05, 0) is 12.5 Å². The Kier molecular flexibility index (Phi) is 1.87. The molecule has 0 bridgehead atoms. The van der Waals surface area contributed by atoms with Gasteiger partial charge in [0, 0.05) is 12.2 Å². The molecule has 0 spiro atoms. The maximum atomic E-state index is 8.75. The molecular formula is C9H10O3. The highest BCUT2D eigenvalue weighted by atomic mass is 16.7. The van der Waals surface area contributed by atoms with E-state index in [0.29, 0.717) is 6.42 Å². The molecule has 64 valence electrons. The first kappa shape index (κ1) is 7.43. The molecule has 1 aromatic carbocycles. The molecule has 0 aliphatic carbocycles. The van der Waals surface area contributed by atoms with Crippen LogP contribution in [0.3, 0.4) is 0 Å². The number of benzene rings is 1. The quantitative estimate of drug-likeness (QED) is 0.710. The Morgan fingerprint density at radius 3 is 3.08 bits per heavy atom. The molecule has 0 amide bonds. The minimum atomic E-state index is 0.139. The molecule has 1 aromatic rings. The summed E-state index contributed by atoms with van der Waals surface area (Å²) >= 11 is 0. The molecule has 3 nitrogen and oxygen atoms in total. The average Bonchev–Trinajstić information content (AvgIpc) is 2.53. The minimum absolute atomic E-state index is 0.139. The molecule has 1 aliphatic rings. The van der Waals surface area contributed by atoms with Gasteiger partial charge in [0.1, 0.15) is 0 Å². The first-order valence-electron chi connectivity index (χ1n) is 3.90. The number of aliphatic hydroxyl groups excluding tert-OH is 1. The number of ether oxygens (including phenoxy) is 2. The Labute approximate surface area is 70.5 Å². The Bertz CT molecular complexity index is 283. The maximum Gasteiger partial charge on any atom is 0.231 e. The summed E-state index contributed by atoms with van der Waals surface area (Å²) in [6.07, 6.45) is 0.618. The van der Waals surface area contributed by atoms with Crippen LogP contribution in [0.15, 0.2) is 18.2 Å². The van der Waals surface area contributed by atoms with Gasteiger partial charge in [0.05, 0.1) is 0 Å². The highest BCUT2D eigenvalue weighted by Gasteiger charge is 2.15. The number of hydrogen-bond donors (Lipinski definition) is 1. The standard InChI is InChI=1S/C9H10O3/c10-5-4-7-2-1-3-8-9(7)12-6-11-8/h1-3,10H,4-6H2.